The molecule has 33 heavy (non-hydrogen) atoms. The number of carbonyl (C=O) groups is 1. The summed E-state index contributed by atoms with van der Waals surface area (Å²) >= 11 is 0. The summed E-state index contributed by atoms with van der Waals surface area (Å²) in [6.07, 6.45) is 2.10. The molecule has 174 valence electrons. The summed E-state index contributed by atoms with van der Waals surface area (Å²) in [5.74, 6) is 1.06. The lowest BCUT2D eigenvalue weighted by Crippen LogP contribution is -2.53. The zero-order chi connectivity index (χ0) is 23.1. The van der Waals surface area contributed by atoms with Crippen LogP contribution in [0.1, 0.15) is 30.1 Å². The van der Waals surface area contributed by atoms with Crippen molar-refractivity contribution in [1.29, 1.82) is 0 Å². The van der Waals surface area contributed by atoms with Crippen LogP contribution >= 0.6 is 0 Å². The van der Waals surface area contributed by atoms with Crippen LogP contribution < -0.4 is 4.74 Å². The Balaban J connectivity index is 1.68. The Morgan fingerprint density at radius 3 is 2.58 bits per heavy atom. The maximum absolute atomic E-state index is 13.9. The van der Waals surface area contributed by atoms with Gasteiger partial charge in [-0.3, -0.25) is 4.79 Å². The fraction of sp³-hybridized carbons (Fsp3) is 0.385. The van der Waals surface area contributed by atoms with Crippen molar-refractivity contribution in [3.8, 4) is 5.75 Å². The summed E-state index contributed by atoms with van der Waals surface area (Å²) in [6, 6.07) is 17.2. The second-order valence-electron chi connectivity index (χ2n) is 8.10. The van der Waals surface area contributed by atoms with Crippen molar-refractivity contribution >= 4 is 11.8 Å². The number of aliphatic hydroxyl groups excluding tert-OH is 1. The fourth-order valence-corrected chi connectivity index (χ4v) is 4.19. The predicted molar refractivity (Wildman–Crippen MR) is 125 cm³/mol. The summed E-state index contributed by atoms with van der Waals surface area (Å²) in [6.45, 7) is 6.54. The number of carbonyl (C=O) groups excluding carboxylic acids is 1. The fourth-order valence-electron chi connectivity index (χ4n) is 4.19. The molecule has 7 nitrogen and oxygen atoms in total. The van der Waals surface area contributed by atoms with Gasteiger partial charge in [-0.15, -0.1) is 6.58 Å². The monoisotopic (exact) mass is 450 g/mol. The highest BCUT2D eigenvalue weighted by molar-refractivity contribution is 6.01. The van der Waals surface area contributed by atoms with Crippen LogP contribution in [0.5, 0.6) is 5.75 Å². The van der Waals surface area contributed by atoms with Crippen LogP contribution in [-0.2, 0) is 14.3 Å². The Morgan fingerprint density at radius 2 is 1.91 bits per heavy atom. The highest BCUT2D eigenvalue weighted by atomic mass is 16.5. The predicted octanol–water partition coefficient (Wildman–Crippen LogP) is 3.14. The molecule has 0 radical (unpaired) electrons. The van der Waals surface area contributed by atoms with Gasteiger partial charge in [0.15, 0.2) is 11.6 Å². The van der Waals surface area contributed by atoms with Crippen LogP contribution in [0.2, 0.25) is 0 Å². The first-order chi connectivity index (χ1) is 16.2. The first kappa shape index (κ1) is 23.0. The largest absolute Gasteiger partial charge is 0.494 e. The van der Waals surface area contributed by atoms with Gasteiger partial charge in [0.05, 0.1) is 19.8 Å². The molecule has 0 aliphatic carbocycles. The number of aliphatic imine (C=N–C) groups is 1. The van der Waals surface area contributed by atoms with E-state index in [4.69, 9.17) is 24.3 Å². The molecule has 0 aromatic heterocycles. The lowest BCUT2D eigenvalue weighted by molar-refractivity contribution is -0.143. The average molecular weight is 451 g/mol. The van der Waals surface area contributed by atoms with Crippen molar-refractivity contribution in [3.63, 3.8) is 0 Å². The Kier molecular flexibility index (Phi) is 7.42. The van der Waals surface area contributed by atoms with Gasteiger partial charge in [-0.1, -0.05) is 36.4 Å². The quantitative estimate of drug-likeness (QED) is 0.469. The van der Waals surface area contributed by atoms with Gasteiger partial charge < -0.3 is 24.2 Å². The topological polar surface area (TPSA) is 80.6 Å². The van der Waals surface area contributed by atoms with Gasteiger partial charge in [-0.2, -0.15) is 0 Å². The maximum atomic E-state index is 13.9. The molecule has 0 bridgehead atoms. The summed E-state index contributed by atoms with van der Waals surface area (Å²) in [4.78, 5) is 20.6. The van der Waals surface area contributed by atoms with Crippen LogP contribution in [0.4, 0.5) is 0 Å². The average Bonchev–Trinajstić information content (AvgIpc) is 3.26. The van der Waals surface area contributed by atoms with Crippen molar-refractivity contribution in [1.82, 2.24) is 4.90 Å². The number of morpholine rings is 1. The standard InChI is InChI=1S/C26H30N2O5/c1-2-13-26(25(30)28-14-18-31-19-15-28)23(20-7-4-3-5-8-20)33-24(27-26)21-9-11-22(12-10-21)32-17-6-16-29/h2-5,7-12,23,29H,1,6,13-19H2/t23-,26-/m1/s1. The van der Waals surface area contributed by atoms with Crippen LogP contribution in [0.3, 0.4) is 0 Å². The molecule has 2 aliphatic heterocycles. The number of hydrogen-bond donors (Lipinski definition) is 1. The number of benzene rings is 2. The lowest BCUT2D eigenvalue weighted by Gasteiger charge is -2.36. The van der Waals surface area contributed by atoms with Crippen molar-refractivity contribution in [2.75, 3.05) is 39.5 Å². The summed E-state index contributed by atoms with van der Waals surface area (Å²) in [5, 5.41) is 8.93. The number of hydrogen-bond acceptors (Lipinski definition) is 6. The molecule has 1 saturated heterocycles. The highest BCUT2D eigenvalue weighted by Gasteiger charge is 2.54. The van der Waals surface area contributed by atoms with E-state index in [2.05, 4.69) is 6.58 Å². The Labute approximate surface area is 194 Å². The van der Waals surface area contributed by atoms with Gasteiger partial charge >= 0.3 is 0 Å². The van der Waals surface area contributed by atoms with E-state index < -0.39 is 11.6 Å². The highest BCUT2D eigenvalue weighted by Crippen LogP contribution is 2.43. The number of amides is 1. The Hall–Kier alpha value is -3.16. The van der Waals surface area contributed by atoms with Crippen molar-refractivity contribution in [2.24, 2.45) is 4.99 Å². The maximum Gasteiger partial charge on any atom is 0.255 e. The van der Waals surface area contributed by atoms with Crippen molar-refractivity contribution in [3.05, 3.63) is 78.4 Å². The van der Waals surface area contributed by atoms with E-state index >= 15 is 0 Å². The molecule has 1 fully saturated rings. The van der Waals surface area contributed by atoms with Crippen LogP contribution in [-0.4, -0.2) is 66.9 Å². The normalized spacial score (nSPS) is 22.4. The summed E-state index contributed by atoms with van der Waals surface area (Å²) in [5.41, 5.74) is 0.529. The van der Waals surface area contributed by atoms with Gasteiger partial charge in [0, 0.05) is 38.1 Å². The molecular weight excluding hydrogens is 420 g/mol. The molecule has 2 aromatic rings. The van der Waals surface area contributed by atoms with Crippen LogP contribution in [0.15, 0.2) is 72.2 Å². The minimum absolute atomic E-state index is 0.0708. The Morgan fingerprint density at radius 1 is 1.18 bits per heavy atom. The number of nitrogens with zero attached hydrogens (tertiary/aromatic N) is 2. The molecule has 7 heteroatoms. The van der Waals surface area contributed by atoms with E-state index in [0.29, 0.717) is 57.4 Å². The third kappa shape index (κ3) is 4.94. The number of ether oxygens (including phenoxy) is 3. The molecule has 2 atom stereocenters. The molecule has 4 rings (SSSR count). The van der Waals surface area contributed by atoms with Gasteiger partial charge in [0.2, 0.25) is 5.90 Å². The molecular formula is C26H30N2O5. The van der Waals surface area contributed by atoms with E-state index in [0.717, 1.165) is 11.1 Å². The SMILES string of the molecule is C=CC[C@@]1(C(=O)N2CCOCC2)N=C(c2ccc(OCCCO)cc2)O[C@@H]1c1ccccc1. The third-order valence-electron chi connectivity index (χ3n) is 5.86. The third-order valence-corrected chi connectivity index (χ3v) is 5.86. The zero-order valence-corrected chi connectivity index (χ0v) is 18.7. The van der Waals surface area contributed by atoms with Crippen molar-refractivity contribution < 1.29 is 24.1 Å². The van der Waals surface area contributed by atoms with Gasteiger partial charge in [-0.25, -0.2) is 4.99 Å². The minimum atomic E-state index is -1.13. The molecule has 1 amide bonds. The van der Waals surface area contributed by atoms with E-state index in [9.17, 15) is 4.79 Å². The molecule has 0 unspecified atom stereocenters. The minimum Gasteiger partial charge on any atom is -0.494 e. The first-order valence-corrected chi connectivity index (χ1v) is 11.3. The number of aliphatic hydroxyl groups is 1. The molecule has 2 aromatic carbocycles. The molecule has 1 N–H and O–H groups in total. The van der Waals surface area contributed by atoms with E-state index in [1.807, 2.05) is 59.5 Å². The second kappa shape index (κ2) is 10.6. The molecule has 2 heterocycles. The smallest absolute Gasteiger partial charge is 0.255 e. The summed E-state index contributed by atoms with van der Waals surface area (Å²) < 4.78 is 17.5. The molecule has 0 saturated carbocycles. The first-order valence-electron chi connectivity index (χ1n) is 11.3. The van der Waals surface area contributed by atoms with E-state index in [-0.39, 0.29) is 12.5 Å². The summed E-state index contributed by atoms with van der Waals surface area (Å²) in [7, 11) is 0. The number of rotatable bonds is 9. The van der Waals surface area contributed by atoms with Gasteiger partial charge in [0.1, 0.15) is 5.75 Å². The molecule has 2 aliphatic rings. The van der Waals surface area contributed by atoms with Gasteiger partial charge in [0.25, 0.3) is 5.91 Å². The molecule has 0 spiro atoms. The zero-order valence-electron chi connectivity index (χ0n) is 18.7. The Bertz CT molecular complexity index is 970. The van der Waals surface area contributed by atoms with E-state index in [1.165, 1.54) is 0 Å². The van der Waals surface area contributed by atoms with Crippen LogP contribution in [0.25, 0.3) is 0 Å². The van der Waals surface area contributed by atoms with E-state index in [1.54, 1.807) is 6.08 Å². The van der Waals surface area contributed by atoms with Gasteiger partial charge in [-0.05, 0) is 29.8 Å². The second-order valence-corrected chi connectivity index (χ2v) is 8.10. The lowest BCUT2D eigenvalue weighted by atomic mass is 9.84. The van der Waals surface area contributed by atoms with Crippen LogP contribution in [0, 0.1) is 0 Å². The van der Waals surface area contributed by atoms with Crippen molar-refractivity contribution in [2.45, 2.75) is 24.5 Å².